The number of nitrogens with one attached hydrogen (secondary N) is 1. The molecular weight excluding hydrogens is 431 g/mol. The first-order valence-electron chi connectivity index (χ1n) is 9.75. The maximum Gasteiger partial charge on any atom is 0.261 e. The van der Waals surface area contributed by atoms with Crippen LogP contribution in [-0.4, -0.2) is 20.7 Å². The topological polar surface area (TPSA) is 59.8 Å². The van der Waals surface area contributed by atoms with Gasteiger partial charge in [-0.1, -0.05) is 47.7 Å². The maximum absolute atomic E-state index is 13.2. The van der Waals surface area contributed by atoms with Crippen LogP contribution in [0.5, 0.6) is 0 Å². The molecule has 158 valence electrons. The average Bonchev–Trinajstić information content (AvgIpc) is 3.44. The summed E-state index contributed by atoms with van der Waals surface area (Å²) < 4.78 is 15.2. The first-order valence-corrected chi connectivity index (χ1v) is 11.6. The average molecular weight is 453 g/mol. The molecule has 2 aromatic carbocycles. The van der Waals surface area contributed by atoms with Crippen molar-refractivity contribution in [3.8, 4) is 5.69 Å². The van der Waals surface area contributed by atoms with Crippen LogP contribution in [0.3, 0.4) is 0 Å². The van der Waals surface area contributed by atoms with Gasteiger partial charge in [-0.15, -0.1) is 21.5 Å². The molecule has 1 amide bonds. The summed E-state index contributed by atoms with van der Waals surface area (Å²) >= 11 is 2.91. The third-order valence-electron chi connectivity index (χ3n) is 4.71. The zero-order valence-corrected chi connectivity index (χ0v) is 18.7. The standard InChI is InChI=1S/C23H21FN4OS2/c1-15-5-11-19(12-6-15)28-21(16(2)25-22(29)20-4-3-13-30-20)26-27-23(28)31-14-17-7-9-18(24)10-8-17/h3-13,16H,14H2,1-2H3,(H,25,29). The van der Waals surface area contributed by atoms with Crippen LogP contribution in [0.4, 0.5) is 4.39 Å². The second kappa shape index (κ2) is 9.45. The highest BCUT2D eigenvalue weighted by atomic mass is 32.2. The van der Waals surface area contributed by atoms with E-state index in [0.29, 0.717) is 21.6 Å². The highest BCUT2D eigenvalue weighted by molar-refractivity contribution is 7.98. The fraction of sp³-hybridized carbons (Fsp3) is 0.174. The van der Waals surface area contributed by atoms with Crippen molar-refractivity contribution in [1.29, 1.82) is 0 Å². The zero-order chi connectivity index (χ0) is 21.8. The van der Waals surface area contributed by atoms with Crippen molar-refractivity contribution >= 4 is 29.0 Å². The summed E-state index contributed by atoms with van der Waals surface area (Å²) in [5.74, 6) is 0.881. The van der Waals surface area contributed by atoms with E-state index in [-0.39, 0.29) is 17.8 Å². The molecule has 0 aliphatic heterocycles. The van der Waals surface area contributed by atoms with E-state index in [9.17, 15) is 9.18 Å². The lowest BCUT2D eigenvalue weighted by Crippen LogP contribution is -2.28. The Labute approximate surface area is 188 Å². The van der Waals surface area contributed by atoms with Crippen LogP contribution in [0, 0.1) is 12.7 Å². The van der Waals surface area contributed by atoms with Crippen LogP contribution in [0.15, 0.2) is 71.2 Å². The quantitative estimate of drug-likeness (QED) is 0.373. The molecule has 5 nitrogen and oxygen atoms in total. The molecule has 0 bridgehead atoms. The maximum atomic E-state index is 13.2. The summed E-state index contributed by atoms with van der Waals surface area (Å²) in [4.78, 5) is 13.2. The highest BCUT2D eigenvalue weighted by Crippen LogP contribution is 2.28. The molecule has 4 aromatic rings. The van der Waals surface area contributed by atoms with E-state index in [1.54, 1.807) is 18.2 Å². The number of thioether (sulfide) groups is 1. The lowest BCUT2D eigenvalue weighted by atomic mass is 10.2. The monoisotopic (exact) mass is 452 g/mol. The summed E-state index contributed by atoms with van der Waals surface area (Å²) in [5.41, 5.74) is 3.06. The number of aromatic nitrogens is 3. The molecule has 2 heterocycles. The Morgan fingerprint density at radius 2 is 1.87 bits per heavy atom. The van der Waals surface area contributed by atoms with Gasteiger partial charge >= 0.3 is 0 Å². The molecule has 2 aromatic heterocycles. The van der Waals surface area contributed by atoms with Gasteiger partial charge in [0.1, 0.15) is 5.82 Å². The lowest BCUT2D eigenvalue weighted by Gasteiger charge is -2.16. The highest BCUT2D eigenvalue weighted by Gasteiger charge is 2.22. The predicted molar refractivity (Wildman–Crippen MR) is 122 cm³/mol. The number of carbonyl (C=O) groups excluding carboxylic acids is 1. The summed E-state index contributed by atoms with van der Waals surface area (Å²) in [7, 11) is 0. The number of nitrogens with zero attached hydrogens (tertiary/aromatic N) is 3. The van der Waals surface area contributed by atoms with E-state index in [0.717, 1.165) is 16.8 Å². The van der Waals surface area contributed by atoms with Gasteiger partial charge in [0, 0.05) is 11.4 Å². The number of hydrogen-bond acceptors (Lipinski definition) is 5. The van der Waals surface area contributed by atoms with E-state index in [2.05, 4.69) is 15.5 Å². The molecule has 8 heteroatoms. The molecule has 1 atom stereocenters. The number of carbonyl (C=O) groups is 1. The summed E-state index contributed by atoms with van der Waals surface area (Å²) in [5, 5.41) is 14.4. The van der Waals surface area contributed by atoms with E-state index in [1.807, 2.05) is 54.1 Å². The number of benzene rings is 2. The van der Waals surface area contributed by atoms with Gasteiger partial charge in [0.2, 0.25) is 0 Å². The summed E-state index contributed by atoms with van der Waals surface area (Å²) in [6.07, 6.45) is 0. The smallest absolute Gasteiger partial charge is 0.261 e. The molecule has 0 radical (unpaired) electrons. The van der Waals surface area contributed by atoms with Gasteiger partial charge < -0.3 is 5.32 Å². The Balaban J connectivity index is 1.62. The second-order valence-corrected chi connectivity index (χ2v) is 8.99. The fourth-order valence-corrected chi connectivity index (χ4v) is 4.60. The zero-order valence-electron chi connectivity index (χ0n) is 17.1. The number of thiophene rings is 1. The summed E-state index contributed by atoms with van der Waals surface area (Å²) in [6.45, 7) is 3.93. The van der Waals surface area contributed by atoms with E-state index in [4.69, 9.17) is 0 Å². The van der Waals surface area contributed by atoms with Crippen molar-refractivity contribution in [2.24, 2.45) is 0 Å². The first kappa shape index (κ1) is 21.3. The molecule has 31 heavy (non-hydrogen) atoms. The van der Waals surface area contributed by atoms with Crippen molar-refractivity contribution in [1.82, 2.24) is 20.1 Å². The van der Waals surface area contributed by atoms with Crippen LogP contribution in [0.2, 0.25) is 0 Å². The van der Waals surface area contributed by atoms with Gasteiger partial charge in [0.15, 0.2) is 11.0 Å². The molecule has 0 fully saturated rings. The van der Waals surface area contributed by atoms with Crippen LogP contribution in [0.25, 0.3) is 5.69 Å². The minimum absolute atomic E-state index is 0.138. The normalized spacial score (nSPS) is 12.0. The number of rotatable bonds is 7. The molecular formula is C23H21FN4OS2. The summed E-state index contributed by atoms with van der Waals surface area (Å²) in [6, 6.07) is 17.8. The Hall–Kier alpha value is -2.97. The van der Waals surface area contributed by atoms with Crippen molar-refractivity contribution < 1.29 is 9.18 Å². The SMILES string of the molecule is Cc1ccc(-n2c(SCc3ccc(F)cc3)nnc2C(C)NC(=O)c2cccs2)cc1. The van der Waals surface area contributed by atoms with Gasteiger partial charge in [-0.25, -0.2) is 4.39 Å². The van der Waals surface area contributed by atoms with Gasteiger partial charge in [-0.3, -0.25) is 9.36 Å². The second-order valence-electron chi connectivity index (χ2n) is 7.10. The van der Waals surface area contributed by atoms with Crippen LogP contribution in [0.1, 0.15) is 39.6 Å². The molecule has 0 spiro atoms. The first-order chi connectivity index (χ1) is 15.0. The fourth-order valence-electron chi connectivity index (χ4n) is 3.06. The van der Waals surface area contributed by atoms with E-state index >= 15 is 0 Å². The molecule has 0 aliphatic rings. The Kier molecular flexibility index (Phi) is 6.48. The lowest BCUT2D eigenvalue weighted by molar-refractivity contribution is 0.0942. The molecule has 1 unspecified atom stereocenters. The van der Waals surface area contributed by atoms with Gasteiger partial charge in [0.25, 0.3) is 5.91 Å². The third kappa shape index (κ3) is 5.03. The van der Waals surface area contributed by atoms with Crippen molar-refractivity contribution in [3.05, 3.63) is 93.7 Å². The number of hydrogen-bond donors (Lipinski definition) is 1. The van der Waals surface area contributed by atoms with E-state index < -0.39 is 0 Å². The molecule has 0 saturated carbocycles. The predicted octanol–water partition coefficient (Wildman–Crippen LogP) is 5.56. The third-order valence-corrected chi connectivity index (χ3v) is 6.58. The van der Waals surface area contributed by atoms with Crippen LogP contribution < -0.4 is 5.32 Å². The molecule has 0 saturated heterocycles. The minimum Gasteiger partial charge on any atom is -0.342 e. The van der Waals surface area contributed by atoms with Gasteiger partial charge in [0.05, 0.1) is 10.9 Å². The van der Waals surface area contributed by atoms with Crippen molar-refractivity contribution in [3.63, 3.8) is 0 Å². The van der Waals surface area contributed by atoms with Crippen LogP contribution >= 0.6 is 23.1 Å². The number of halogens is 1. The number of aryl methyl sites for hydroxylation is 1. The van der Waals surface area contributed by atoms with Gasteiger partial charge in [-0.2, -0.15) is 0 Å². The number of amides is 1. The van der Waals surface area contributed by atoms with Crippen molar-refractivity contribution in [2.75, 3.05) is 0 Å². The van der Waals surface area contributed by atoms with Gasteiger partial charge in [-0.05, 0) is 55.1 Å². The Bertz CT molecular complexity index is 1160. The Morgan fingerprint density at radius 3 is 2.55 bits per heavy atom. The molecule has 1 N–H and O–H groups in total. The minimum atomic E-state index is -0.344. The van der Waals surface area contributed by atoms with Crippen molar-refractivity contribution in [2.45, 2.75) is 30.8 Å². The van der Waals surface area contributed by atoms with E-state index in [1.165, 1.54) is 35.2 Å². The Morgan fingerprint density at radius 1 is 1.13 bits per heavy atom. The van der Waals surface area contributed by atoms with Crippen LogP contribution in [-0.2, 0) is 5.75 Å². The molecule has 0 aliphatic carbocycles. The largest absolute Gasteiger partial charge is 0.342 e. The molecule has 4 rings (SSSR count).